The molecule has 1 aliphatic rings. The predicted molar refractivity (Wildman–Crippen MR) is 88.0 cm³/mol. The second-order valence-corrected chi connectivity index (χ2v) is 6.38. The van der Waals surface area contributed by atoms with Gasteiger partial charge in [-0.3, -0.25) is 0 Å². The van der Waals surface area contributed by atoms with Gasteiger partial charge in [-0.05, 0) is 42.7 Å². The zero-order valence-corrected chi connectivity index (χ0v) is 13.3. The number of nitrogens with one attached hydrogen (secondary N) is 2. The van der Waals surface area contributed by atoms with Crippen molar-refractivity contribution in [3.05, 3.63) is 69.4 Å². The number of halogens is 3. The first-order valence-electron chi connectivity index (χ1n) is 7.54. The van der Waals surface area contributed by atoms with Crippen molar-refractivity contribution in [2.45, 2.75) is 19.4 Å². The normalized spacial score (nSPS) is 17.5. The minimum atomic E-state index is -0.785. The van der Waals surface area contributed by atoms with Gasteiger partial charge in [-0.2, -0.15) is 0 Å². The number of H-pyrrole nitrogens is 1. The van der Waals surface area contributed by atoms with E-state index in [-0.39, 0.29) is 6.04 Å². The number of fused-ring (bicyclic) bond motifs is 3. The average molecular weight is 333 g/mol. The highest BCUT2D eigenvalue weighted by atomic mass is 35.5. The van der Waals surface area contributed by atoms with Crippen molar-refractivity contribution in [2.24, 2.45) is 0 Å². The van der Waals surface area contributed by atoms with Crippen molar-refractivity contribution in [3.8, 4) is 0 Å². The Labute approximate surface area is 137 Å². The van der Waals surface area contributed by atoms with Gasteiger partial charge in [-0.1, -0.05) is 23.7 Å². The van der Waals surface area contributed by atoms with E-state index in [1.54, 1.807) is 19.1 Å². The van der Waals surface area contributed by atoms with E-state index < -0.39 is 11.6 Å². The van der Waals surface area contributed by atoms with Crippen LogP contribution >= 0.6 is 11.6 Å². The van der Waals surface area contributed by atoms with Crippen LogP contribution in [0.25, 0.3) is 10.9 Å². The highest BCUT2D eigenvalue weighted by Gasteiger charge is 2.28. The second-order valence-electron chi connectivity index (χ2n) is 5.94. The SMILES string of the molecule is Cc1ccc([C@@H]2NCCc3c2[nH]c2ccc(Cl)cc32)c(F)c1F. The summed E-state index contributed by atoms with van der Waals surface area (Å²) in [6.45, 7) is 2.26. The Balaban J connectivity index is 1.91. The molecule has 0 amide bonds. The van der Waals surface area contributed by atoms with Crippen LogP contribution in [0.4, 0.5) is 8.78 Å². The van der Waals surface area contributed by atoms with Crippen molar-refractivity contribution in [1.82, 2.24) is 10.3 Å². The number of rotatable bonds is 1. The van der Waals surface area contributed by atoms with Gasteiger partial charge in [0, 0.05) is 33.7 Å². The number of aromatic nitrogens is 1. The maximum absolute atomic E-state index is 14.4. The largest absolute Gasteiger partial charge is 0.357 e. The summed E-state index contributed by atoms with van der Waals surface area (Å²) < 4.78 is 28.4. The van der Waals surface area contributed by atoms with Crippen molar-refractivity contribution in [2.75, 3.05) is 6.54 Å². The molecule has 1 atom stereocenters. The van der Waals surface area contributed by atoms with Gasteiger partial charge in [-0.15, -0.1) is 0 Å². The highest BCUT2D eigenvalue weighted by Crippen LogP contribution is 2.36. The summed E-state index contributed by atoms with van der Waals surface area (Å²) in [5.41, 5.74) is 3.60. The van der Waals surface area contributed by atoms with Crippen molar-refractivity contribution in [1.29, 1.82) is 0 Å². The summed E-state index contributed by atoms with van der Waals surface area (Å²) in [4.78, 5) is 3.34. The van der Waals surface area contributed by atoms with Crippen LogP contribution in [0, 0.1) is 18.6 Å². The van der Waals surface area contributed by atoms with Crippen LogP contribution in [-0.2, 0) is 6.42 Å². The highest BCUT2D eigenvalue weighted by molar-refractivity contribution is 6.31. The fourth-order valence-corrected chi connectivity index (χ4v) is 3.52. The number of hydrogen-bond donors (Lipinski definition) is 2. The monoisotopic (exact) mass is 332 g/mol. The molecule has 1 aromatic heterocycles. The van der Waals surface area contributed by atoms with Crippen LogP contribution in [0.5, 0.6) is 0 Å². The van der Waals surface area contributed by atoms with Gasteiger partial charge >= 0.3 is 0 Å². The molecule has 118 valence electrons. The quantitative estimate of drug-likeness (QED) is 0.667. The third kappa shape index (κ3) is 2.25. The molecule has 0 unspecified atom stereocenters. The van der Waals surface area contributed by atoms with Gasteiger partial charge < -0.3 is 10.3 Å². The molecule has 0 bridgehead atoms. The summed E-state index contributed by atoms with van der Waals surface area (Å²) in [5, 5.41) is 5.00. The molecule has 3 aromatic rings. The zero-order valence-electron chi connectivity index (χ0n) is 12.5. The van der Waals surface area contributed by atoms with E-state index in [1.165, 1.54) is 0 Å². The molecular weight excluding hydrogens is 318 g/mol. The Kier molecular flexibility index (Phi) is 3.39. The fourth-order valence-electron chi connectivity index (χ4n) is 3.35. The topological polar surface area (TPSA) is 27.8 Å². The first kappa shape index (κ1) is 14.7. The maximum atomic E-state index is 14.4. The lowest BCUT2D eigenvalue weighted by molar-refractivity contribution is 0.468. The molecule has 2 aromatic carbocycles. The molecule has 2 N–H and O–H groups in total. The average Bonchev–Trinajstić information content (AvgIpc) is 2.91. The third-order valence-electron chi connectivity index (χ3n) is 4.53. The van der Waals surface area contributed by atoms with Gasteiger partial charge in [0.05, 0.1) is 6.04 Å². The van der Waals surface area contributed by atoms with Gasteiger partial charge in [-0.25, -0.2) is 8.78 Å². The zero-order chi connectivity index (χ0) is 16.1. The predicted octanol–water partition coefficient (Wildman–Crippen LogP) is 4.64. The summed E-state index contributed by atoms with van der Waals surface area (Å²) in [5.74, 6) is -1.57. The Morgan fingerprint density at radius 1 is 1.13 bits per heavy atom. The summed E-state index contributed by atoms with van der Waals surface area (Å²) in [7, 11) is 0. The standard InChI is InChI=1S/C18H15ClF2N2/c1-9-2-4-12(16(21)15(9)20)17-18-11(6-7-22-17)13-8-10(19)3-5-14(13)23-18/h2-5,8,17,22-23H,6-7H2,1H3/t17-/m0/s1. The molecule has 0 saturated heterocycles. The molecule has 0 saturated carbocycles. The van der Waals surface area contributed by atoms with E-state index in [4.69, 9.17) is 11.6 Å². The van der Waals surface area contributed by atoms with Crippen molar-refractivity contribution >= 4 is 22.5 Å². The second kappa shape index (κ2) is 5.32. The molecule has 0 spiro atoms. The minimum absolute atomic E-state index is 0.311. The van der Waals surface area contributed by atoms with Gasteiger partial charge in [0.15, 0.2) is 11.6 Å². The van der Waals surface area contributed by atoms with E-state index in [1.807, 2.05) is 18.2 Å². The lowest BCUT2D eigenvalue weighted by Crippen LogP contribution is -2.31. The molecule has 2 heterocycles. The van der Waals surface area contributed by atoms with Crippen LogP contribution in [0.1, 0.15) is 28.4 Å². The molecule has 5 heteroatoms. The number of aromatic amines is 1. The van der Waals surface area contributed by atoms with Crippen LogP contribution in [0.2, 0.25) is 5.02 Å². The van der Waals surface area contributed by atoms with E-state index in [9.17, 15) is 8.78 Å². The Morgan fingerprint density at radius 2 is 1.96 bits per heavy atom. The van der Waals surface area contributed by atoms with Crippen LogP contribution in [-0.4, -0.2) is 11.5 Å². The molecule has 0 radical (unpaired) electrons. The Morgan fingerprint density at radius 3 is 2.78 bits per heavy atom. The first-order chi connectivity index (χ1) is 11.1. The lowest BCUT2D eigenvalue weighted by atomic mass is 9.93. The van der Waals surface area contributed by atoms with Gasteiger partial charge in [0.1, 0.15) is 0 Å². The molecule has 1 aliphatic heterocycles. The van der Waals surface area contributed by atoms with Crippen LogP contribution in [0.15, 0.2) is 30.3 Å². The van der Waals surface area contributed by atoms with E-state index in [0.717, 1.165) is 28.6 Å². The Bertz CT molecular complexity index is 917. The molecule has 0 fully saturated rings. The van der Waals surface area contributed by atoms with Crippen LogP contribution in [0.3, 0.4) is 0 Å². The summed E-state index contributed by atoms with van der Waals surface area (Å²) in [6, 6.07) is 8.53. The molecular formula is C18H15ClF2N2. The first-order valence-corrected chi connectivity index (χ1v) is 7.92. The van der Waals surface area contributed by atoms with Gasteiger partial charge in [0.25, 0.3) is 0 Å². The number of hydrogen-bond acceptors (Lipinski definition) is 1. The molecule has 4 rings (SSSR count). The lowest BCUT2D eigenvalue weighted by Gasteiger charge is -2.25. The maximum Gasteiger partial charge on any atom is 0.164 e. The van der Waals surface area contributed by atoms with E-state index in [0.29, 0.717) is 22.7 Å². The van der Waals surface area contributed by atoms with E-state index >= 15 is 0 Å². The molecule has 0 aliphatic carbocycles. The molecule has 23 heavy (non-hydrogen) atoms. The third-order valence-corrected chi connectivity index (χ3v) is 4.76. The Hall–Kier alpha value is -1.91. The summed E-state index contributed by atoms with van der Waals surface area (Å²) in [6.07, 6.45) is 0.822. The van der Waals surface area contributed by atoms with E-state index in [2.05, 4.69) is 10.3 Å². The molecule has 2 nitrogen and oxygen atoms in total. The fraction of sp³-hybridized carbons (Fsp3) is 0.222. The summed E-state index contributed by atoms with van der Waals surface area (Å²) >= 11 is 6.10. The van der Waals surface area contributed by atoms with Crippen molar-refractivity contribution < 1.29 is 8.78 Å². The van der Waals surface area contributed by atoms with Crippen LogP contribution < -0.4 is 5.32 Å². The number of aryl methyl sites for hydroxylation is 1. The van der Waals surface area contributed by atoms with Crippen molar-refractivity contribution in [3.63, 3.8) is 0 Å². The van der Waals surface area contributed by atoms with Gasteiger partial charge in [0.2, 0.25) is 0 Å². The smallest absolute Gasteiger partial charge is 0.164 e. The number of benzene rings is 2. The minimum Gasteiger partial charge on any atom is -0.357 e.